The van der Waals surface area contributed by atoms with E-state index in [1.807, 2.05) is 0 Å². The van der Waals surface area contributed by atoms with Gasteiger partial charge in [0, 0.05) is 15.6 Å². The quantitative estimate of drug-likeness (QED) is 0.824. The summed E-state index contributed by atoms with van der Waals surface area (Å²) in [7, 11) is 0. The predicted molar refractivity (Wildman–Crippen MR) is 54.4 cm³/mol. The molecule has 4 nitrogen and oxygen atoms in total. The van der Waals surface area contributed by atoms with Crippen LogP contribution >= 0.6 is 23.2 Å². The normalized spacial score (nSPS) is 10.5. The molecule has 1 aromatic rings. The molecule has 0 aliphatic heterocycles. The van der Waals surface area contributed by atoms with Crippen LogP contribution in [0.25, 0.3) is 0 Å². The number of halogens is 3. The van der Waals surface area contributed by atoms with E-state index in [-0.39, 0.29) is 15.6 Å². The fraction of sp³-hybridized carbons (Fsp3) is 0.111. The maximum absolute atomic E-state index is 12.8. The number of hydrogen-bond acceptors (Lipinski definition) is 2. The van der Waals surface area contributed by atoms with Crippen molar-refractivity contribution < 1.29 is 24.2 Å². The molecule has 0 aliphatic carbocycles. The summed E-state index contributed by atoms with van der Waals surface area (Å²) in [4.78, 5) is 21.5. The summed E-state index contributed by atoms with van der Waals surface area (Å²) in [6.45, 7) is 0. The Bertz CT molecular complexity index is 424. The molecular weight excluding hydrogens is 262 g/mol. The highest BCUT2D eigenvalue weighted by Crippen LogP contribution is 2.33. The molecule has 0 radical (unpaired) electrons. The van der Waals surface area contributed by atoms with Gasteiger partial charge in [0.2, 0.25) is 0 Å². The first-order valence-corrected chi connectivity index (χ1v) is 4.70. The second-order valence-corrected chi connectivity index (χ2v) is 3.71. The van der Waals surface area contributed by atoms with Crippen molar-refractivity contribution in [3.8, 4) is 0 Å². The molecule has 0 aromatic heterocycles. The molecule has 7 heteroatoms. The molecule has 0 amide bonds. The Morgan fingerprint density at radius 2 is 1.50 bits per heavy atom. The monoisotopic (exact) mass is 266 g/mol. The number of carboxylic acid groups (broad SMARTS) is 2. The lowest BCUT2D eigenvalue weighted by molar-refractivity contribution is -0.150. The van der Waals surface area contributed by atoms with Gasteiger partial charge in [0.15, 0.2) is 5.92 Å². The van der Waals surface area contributed by atoms with Crippen LogP contribution < -0.4 is 0 Å². The van der Waals surface area contributed by atoms with Crippen molar-refractivity contribution in [2.75, 3.05) is 0 Å². The second-order valence-electron chi connectivity index (χ2n) is 2.89. The molecule has 0 aliphatic rings. The first-order chi connectivity index (χ1) is 7.34. The Morgan fingerprint density at radius 3 is 1.81 bits per heavy atom. The van der Waals surface area contributed by atoms with E-state index in [4.69, 9.17) is 33.4 Å². The number of carboxylic acids is 2. The third-order valence-corrected chi connectivity index (χ3v) is 2.45. The minimum Gasteiger partial charge on any atom is -0.480 e. The minimum absolute atomic E-state index is 0.329. The first-order valence-electron chi connectivity index (χ1n) is 3.94. The Kier molecular flexibility index (Phi) is 3.72. The van der Waals surface area contributed by atoms with Crippen LogP contribution in [0.3, 0.4) is 0 Å². The summed E-state index contributed by atoms with van der Waals surface area (Å²) >= 11 is 11.1. The SMILES string of the molecule is O=C(O)C(C(=O)O)c1c(Cl)cc(F)cc1Cl. The zero-order chi connectivity index (χ0) is 12.5. The van der Waals surface area contributed by atoms with Gasteiger partial charge >= 0.3 is 11.9 Å². The third-order valence-electron chi connectivity index (χ3n) is 1.83. The molecule has 0 saturated carbocycles. The summed E-state index contributed by atoms with van der Waals surface area (Å²) in [6, 6.07) is 1.61. The van der Waals surface area contributed by atoms with Crippen LogP contribution in [-0.4, -0.2) is 22.2 Å². The molecular formula is C9H5Cl2FO4. The summed E-state index contributed by atoms with van der Waals surface area (Å²) in [6.07, 6.45) is 0. The van der Waals surface area contributed by atoms with Crippen molar-refractivity contribution in [2.24, 2.45) is 0 Å². The van der Waals surface area contributed by atoms with Gasteiger partial charge in [-0.1, -0.05) is 23.2 Å². The molecule has 1 rings (SSSR count). The predicted octanol–water partition coefficient (Wildman–Crippen LogP) is 2.39. The largest absolute Gasteiger partial charge is 0.480 e. The van der Waals surface area contributed by atoms with E-state index in [0.29, 0.717) is 0 Å². The highest BCUT2D eigenvalue weighted by atomic mass is 35.5. The molecule has 16 heavy (non-hydrogen) atoms. The highest BCUT2D eigenvalue weighted by molar-refractivity contribution is 6.37. The molecule has 0 bridgehead atoms. The van der Waals surface area contributed by atoms with E-state index in [2.05, 4.69) is 0 Å². The molecule has 2 N–H and O–H groups in total. The van der Waals surface area contributed by atoms with Crippen LogP contribution in [-0.2, 0) is 9.59 Å². The van der Waals surface area contributed by atoms with Gasteiger partial charge in [0.25, 0.3) is 0 Å². The number of aliphatic carboxylic acids is 2. The van der Waals surface area contributed by atoms with Crippen molar-refractivity contribution in [2.45, 2.75) is 5.92 Å². The van der Waals surface area contributed by atoms with Gasteiger partial charge in [-0.3, -0.25) is 9.59 Å². The summed E-state index contributed by atoms with van der Waals surface area (Å²) in [5.74, 6) is -5.93. The third kappa shape index (κ3) is 2.43. The van der Waals surface area contributed by atoms with Gasteiger partial charge in [0.05, 0.1) is 0 Å². The molecule has 0 heterocycles. The second kappa shape index (κ2) is 4.67. The van der Waals surface area contributed by atoms with Crippen molar-refractivity contribution in [1.82, 2.24) is 0 Å². The number of benzene rings is 1. The topological polar surface area (TPSA) is 74.6 Å². The number of rotatable bonds is 3. The van der Waals surface area contributed by atoms with Crippen LogP contribution in [0, 0.1) is 5.82 Å². The molecule has 0 spiro atoms. The molecule has 0 atom stereocenters. The Morgan fingerprint density at radius 1 is 1.12 bits per heavy atom. The standard InChI is InChI=1S/C9H5Cl2FO4/c10-4-1-3(12)2-5(11)6(4)7(8(13)14)9(15)16/h1-2,7H,(H,13,14)(H,15,16). The van der Waals surface area contributed by atoms with Crippen molar-refractivity contribution in [3.05, 3.63) is 33.6 Å². The smallest absolute Gasteiger partial charge is 0.322 e. The van der Waals surface area contributed by atoms with E-state index < -0.39 is 23.7 Å². The molecule has 0 unspecified atom stereocenters. The molecule has 86 valence electrons. The van der Waals surface area contributed by atoms with E-state index in [1.54, 1.807) is 0 Å². The zero-order valence-corrected chi connectivity index (χ0v) is 9.09. The lowest BCUT2D eigenvalue weighted by Gasteiger charge is -2.11. The zero-order valence-electron chi connectivity index (χ0n) is 7.58. The van der Waals surface area contributed by atoms with Crippen LogP contribution in [0.5, 0.6) is 0 Å². The average molecular weight is 267 g/mol. The number of carbonyl (C=O) groups is 2. The Balaban J connectivity index is 3.41. The van der Waals surface area contributed by atoms with Crippen LogP contribution in [0.1, 0.15) is 11.5 Å². The van der Waals surface area contributed by atoms with Gasteiger partial charge in [-0.15, -0.1) is 0 Å². The van der Waals surface area contributed by atoms with Crippen LogP contribution in [0.4, 0.5) is 4.39 Å². The van der Waals surface area contributed by atoms with Crippen molar-refractivity contribution in [1.29, 1.82) is 0 Å². The van der Waals surface area contributed by atoms with Gasteiger partial charge in [0.1, 0.15) is 5.82 Å². The fourth-order valence-corrected chi connectivity index (χ4v) is 1.86. The van der Waals surface area contributed by atoms with E-state index in [0.717, 1.165) is 12.1 Å². The summed E-state index contributed by atoms with van der Waals surface area (Å²) in [5, 5.41) is 16.8. The van der Waals surface area contributed by atoms with Gasteiger partial charge in [-0.05, 0) is 12.1 Å². The maximum atomic E-state index is 12.8. The molecule has 0 saturated heterocycles. The van der Waals surface area contributed by atoms with E-state index in [9.17, 15) is 14.0 Å². The van der Waals surface area contributed by atoms with Crippen LogP contribution in [0.15, 0.2) is 12.1 Å². The number of hydrogen-bond donors (Lipinski definition) is 2. The van der Waals surface area contributed by atoms with Crippen molar-refractivity contribution >= 4 is 35.1 Å². The molecule has 1 aromatic carbocycles. The fourth-order valence-electron chi connectivity index (χ4n) is 1.18. The van der Waals surface area contributed by atoms with Gasteiger partial charge in [-0.25, -0.2) is 4.39 Å². The first kappa shape index (κ1) is 12.7. The minimum atomic E-state index is -1.92. The summed E-state index contributed by atoms with van der Waals surface area (Å²) in [5.41, 5.74) is -0.329. The van der Waals surface area contributed by atoms with Gasteiger partial charge < -0.3 is 10.2 Å². The lowest BCUT2D eigenvalue weighted by atomic mass is 9.99. The summed E-state index contributed by atoms with van der Waals surface area (Å²) < 4.78 is 12.8. The lowest BCUT2D eigenvalue weighted by Crippen LogP contribution is -2.21. The average Bonchev–Trinajstić information content (AvgIpc) is 2.09. The Labute approximate surface area is 99.2 Å². The highest BCUT2D eigenvalue weighted by Gasteiger charge is 2.32. The van der Waals surface area contributed by atoms with Crippen molar-refractivity contribution in [3.63, 3.8) is 0 Å². The van der Waals surface area contributed by atoms with E-state index >= 15 is 0 Å². The van der Waals surface area contributed by atoms with Crippen LogP contribution in [0.2, 0.25) is 10.0 Å². The molecule has 0 fully saturated rings. The van der Waals surface area contributed by atoms with Gasteiger partial charge in [-0.2, -0.15) is 0 Å². The van der Waals surface area contributed by atoms with E-state index in [1.165, 1.54) is 0 Å². The maximum Gasteiger partial charge on any atom is 0.322 e. The Hall–Kier alpha value is -1.33.